The van der Waals surface area contributed by atoms with Crippen molar-refractivity contribution in [2.75, 3.05) is 51.9 Å². The van der Waals surface area contributed by atoms with Gasteiger partial charge in [0, 0.05) is 32.2 Å². The average molecular weight is 372 g/mol. The smallest absolute Gasteiger partial charge is 0.260 e. The molecule has 2 heterocycles. The fraction of sp³-hybridized carbons (Fsp3) is 0.421. The van der Waals surface area contributed by atoms with Gasteiger partial charge in [-0.1, -0.05) is 0 Å². The molecule has 1 aromatic heterocycles. The second kappa shape index (κ2) is 8.57. The van der Waals surface area contributed by atoms with E-state index in [1.807, 2.05) is 17.9 Å². The van der Waals surface area contributed by atoms with Crippen LogP contribution in [0.25, 0.3) is 0 Å². The standard InChI is InChI=1S/C19H24N4O4/c1-14-20-17(12-18(21-14)26-3)22-8-10-23(11-9-22)19(24)13-27-16-6-4-15(25-2)5-7-16/h4-7,12H,8-11,13H2,1-3H3. The molecule has 1 fully saturated rings. The molecule has 0 radical (unpaired) electrons. The second-order valence-electron chi connectivity index (χ2n) is 6.15. The molecule has 1 aliphatic rings. The normalized spacial score (nSPS) is 14.0. The van der Waals surface area contributed by atoms with E-state index in [0.717, 1.165) is 11.6 Å². The van der Waals surface area contributed by atoms with Gasteiger partial charge in [-0.3, -0.25) is 4.79 Å². The molecule has 1 amide bonds. The number of methoxy groups -OCH3 is 2. The highest BCUT2D eigenvalue weighted by molar-refractivity contribution is 5.78. The molecule has 0 N–H and O–H groups in total. The number of hydrogen-bond acceptors (Lipinski definition) is 7. The van der Waals surface area contributed by atoms with Gasteiger partial charge >= 0.3 is 0 Å². The summed E-state index contributed by atoms with van der Waals surface area (Å²) in [5, 5.41) is 0. The lowest BCUT2D eigenvalue weighted by molar-refractivity contribution is -0.133. The van der Waals surface area contributed by atoms with Crippen molar-refractivity contribution < 1.29 is 19.0 Å². The molecular weight excluding hydrogens is 348 g/mol. The molecular formula is C19H24N4O4. The number of rotatable bonds is 6. The third-order valence-corrected chi connectivity index (χ3v) is 4.39. The highest BCUT2D eigenvalue weighted by atomic mass is 16.5. The van der Waals surface area contributed by atoms with Crippen LogP contribution in [-0.4, -0.2) is 67.8 Å². The van der Waals surface area contributed by atoms with Crippen LogP contribution >= 0.6 is 0 Å². The summed E-state index contributed by atoms with van der Waals surface area (Å²) in [5.41, 5.74) is 0. The monoisotopic (exact) mass is 372 g/mol. The Morgan fingerprint density at radius 2 is 1.67 bits per heavy atom. The molecule has 0 saturated carbocycles. The molecule has 2 aromatic rings. The van der Waals surface area contributed by atoms with Crippen molar-refractivity contribution in [2.45, 2.75) is 6.92 Å². The fourth-order valence-electron chi connectivity index (χ4n) is 2.89. The summed E-state index contributed by atoms with van der Waals surface area (Å²) in [6.07, 6.45) is 0. The number of carbonyl (C=O) groups is 1. The topological polar surface area (TPSA) is 77.0 Å². The first kappa shape index (κ1) is 18.8. The number of ether oxygens (including phenoxy) is 3. The predicted octanol–water partition coefficient (Wildman–Crippen LogP) is 1.53. The minimum atomic E-state index is -0.0260. The summed E-state index contributed by atoms with van der Waals surface area (Å²) in [7, 11) is 3.20. The Morgan fingerprint density at radius 1 is 1.00 bits per heavy atom. The lowest BCUT2D eigenvalue weighted by Crippen LogP contribution is -2.50. The number of hydrogen-bond donors (Lipinski definition) is 0. The lowest BCUT2D eigenvalue weighted by Gasteiger charge is -2.35. The third kappa shape index (κ3) is 4.78. The molecule has 0 atom stereocenters. The first-order valence-corrected chi connectivity index (χ1v) is 8.78. The molecule has 0 aliphatic carbocycles. The van der Waals surface area contributed by atoms with Crippen LogP contribution in [0.1, 0.15) is 5.82 Å². The Kier molecular flexibility index (Phi) is 5.95. The van der Waals surface area contributed by atoms with E-state index in [0.29, 0.717) is 43.6 Å². The van der Waals surface area contributed by atoms with Gasteiger partial charge in [0.05, 0.1) is 14.2 Å². The van der Waals surface area contributed by atoms with E-state index in [2.05, 4.69) is 14.9 Å². The van der Waals surface area contributed by atoms with Gasteiger partial charge in [-0.05, 0) is 31.2 Å². The van der Waals surface area contributed by atoms with E-state index < -0.39 is 0 Å². The van der Waals surface area contributed by atoms with E-state index in [4.69, 9.17) is 14.2 Å². The maximum absolute atomic E-state index is 12.4. The maximum atomic E-state index is 12.4. The van der Waals surface area contributed by atoms with E-state index in [9.17, 15) is 4.79 Å². The van der Waals surface area contributed by atoms with Crippen molar-refractivity contribution in [2.24, 2.45) is 0 Å². The van der Waals surface area contributed by atoms with Crippen LogP contribution in [0.5, 0.6) is 17.4 Å². The Balaban J connectivity index is 1.50. The van der Waals surface area contributed by atoms with Gasteiger partial charge in [0.25, 0.3) is 5.91 Å². The summed E-state index contributed by atoms with van der Waals surface area (Å²) >= 11 is 0. The zero-order valence-electron chi connectivity index (χ0n) is 15.8. The Labute approximate surface area is 158 Å². The van der Waals surface area contributed by atoms with Crippen LogP contribution in [-0.2, 0) is 4.79 Å². The van der Waals surface area contributed by atoms with Crippen molar-refractivity contribution in [3.05, 3.63) is 36.2 Å². The summed E-state index contributed by atoms with van der Waals surface area (Å²) < 4.78 is 15.9. The van der Waals surface area contributed by atoms with Gasteiger partial charge < -0.3 is 24.0 Å². The lowest BCUT2D eigenvalue weighted by atomic mass is 10.3. The summed E-state index contributed by atoms with van der Waals surface area (Å²) in [4.78, 5) is 25.0. The summed E-state index contributed by atoms with van der Waals surface area (Å²) in [6, 6.07) is 8.99. The summed E-state index contributed by atoms with van der Waals surface area (Å²) in [5.74, 6) is 3.40. The van der Waals surface area contributed by atoms with Crippen molar-refractivity contribution >= 4 is 11.7 Å². The van der Waals surface area contributed by atoms with Crippen LogP contribution in [0.4, 0.5) is 5.82 Å². The fourth-order valence-corrected chi connectivity index (χ4v) is 2.89. The first-order chi connectivity index (χ1) is 13.1. The van der Waals surface area contributed by atoms with Crippen LogP contribution in [0.2, 0.25) is 0 Å². The van der Waals surface area contributed by atoms with Crippen molar-refractivity contribution in [1.29, 1.82) is 0 Å². The highest BCUT2D eigenvalue weighted by Crippen LogP contribution is 2.19. The minimum Gasteiger partial charge on any atom is -0.497 e. The molecule has 0 spiro atoms. The average Bonchev–Trinajstić information content (AvgIpc) is 2.72. The molecule has 8 heteroatoms. The van der Waals surface area contributed by atoms with Crippen LogP contribution in [0.15, 0.2) is 30.3 Å². The second-order valence-corrected chi connectivity index (χ2v) is 6.15. The van der Waals surface area contributed by atoms with Gasteiger partial charge in [-0.15, -0.1) is 0 Å². The third-order valence-electron chi connectivity index (χ3n) is 4.39. The molecule has 1 aromatic carbocycles. The molecule has 3 rings (SSSR count). The van der Waals surface area contributed by atoms with Gasteiger partial charge in [-0.25, -0.2) is 4.98 Å². The molecule has 8 nitrogen and oxygen atoms in total. The van der Waals surface area contributed by atoms with E-state index in [1.54, 1.807) is 38.5 Å². The quantitative estimate of drug-likeness (QED) is 0.761. The number of nitrogens with zero attached hydrogens (tertiary/aromatic N) is 4. The predicted molar refractivity (Wildman–Crippen MR) is 101 cm³/mol. The molecule has 144 valence electrons. The van der Waals surface area contributed by atoms with Gasteiger partial charge in [-0.2, -0.15) is 4.98 Å². The number of carbonyl (C=O) groups excluding carboxylic acids is 1. The first-order valence-electron chi connectivity index (χ1n) is 8.78. The van der Waals surface area contributed by atoms with Crippen molar-refractivity contribution in [3.8, 4) is 17.4 Å². The van der Waals surface area contributed by atoms with Crippen LogP contribution in [0, 0.1) is 6.92 Å². The van der Waals surface area contributed by atoms with Gasteiger partial charge in [0.1, 0.15) is 23.1 Å². The largest absolute Gasteiger partial charge is 0.497 e. The zero-order valence-corrected chi connectivity index (χ0v) is 15.8. The number of benzene rings is 1. The zero-order chi connectivity index (χ0) is 19.2. The van der Waals surface area contributed by atoms with Crippen LogP contribution < -0.4 is 19.1 Å². The molecule has 27 heavy (non-hydrogen) atoms. The Morgan fingerprint density at radius 3 is 2.30 bits per heavy atom. The van der Waals surface area contributed by atoms with Gasteiger partial charge in [0.2, 0.25) is 5.88 Å². The Bertz CT molecular complexity index is 774. The molecule has 1 saturated heterocycles. The number of anilines is 1. The van der Waals surface area contributed by atoms with E-state index in [1.165, 1.54) is 0 Å². The van der Waals surface area contributed by atoms with E-state index >= 15 is 0 Å². The van der Waals surface area contributed by atoms with Crippen molar-refractivity contribution in [3.63, 3.8) is 0 Å². The molecule has 0 unspecified atom stereocenters. The minimum absolute atomic E-state index is 0.0206. The van der Waals surface area contributed by atoms with Crippen molar-refractivity contribution in [1.82, 2.24) is 14.9 Å². The van der Waals surface area contributed by atoms with E-state index in [-0.39, 0.29) is 12.5 Å². The number of piperazine rings is 1. The highest BCUT2D eigenvalue weighted by Gasteiger charge is 2.23. The number of aryl methyl sites for hydroxylation is 1. The van der Waals surface area contributed by atoms with Gasteiger partial charge in [0.15, 0.2) is 6.61 Å². The molecule has 0 bridgehead atoms. The maximum Gasteiger partial charge on any atom is 0.260 e. The number of aromatic nitrogens is 2. The number of amides is 1. The molecule has 1 aliphatic heterocycles. The Hall–Kier alpha value is -3.03. The van der Waals surface area contributed by atoms with Crippen LogP contribution in [0.3, 0.4) is 0 Å². The summed E-state index contributed by atoms with van der Waals surface area (Å²) in [6.45, 7) is 4.50. The SMILES string of the molecule is COc1ccc(OCC(=O)N2CCN(c3cc(OC)nc(C)n3)CC2)cc1.